The molecule has 1 heterocycles. The topological polar surface area (TPSA) is 95.9 Å². The van der Waals surface area contributed by atoms with Gasteiger partial charge in [0.25, 0.3) is 10.2 Å². The van der Waals surface area contributed by atoms with Gasteiger partial charge < -0.3 is 9.84 Å². The number of aliphatic hydroxyl groups excluding tert-OH is 1. The summed E-state index contributed by atoms with van der Waals surface area (Å²) in [4.78, 5) is 11.3. The molecular weight excluding hydrogens is 260 g/mol. The summed E-state index contributed by atoms with van der Waals surface area (Å²) >= 11 is 0. The molecule has 106 valence electrons. The molecule has 1 aliphatic heterocycles. The van der Waals surface area contributed by atoms with Crippen LogP contribution in [0.1, 0.15) is 26.2 Å². The number of esters is 1. The van der Waals surface area contributed by atoms with E-state index < -0.39 is 28.8 Å². The summed E-state index contributed by atoms with van der Waals surface area (Å²) in [6, 6.07) is -1.36. The second-order valence-corrected chi connectivity index (χ2v) is 5.99. The van der Waals surface area contributed by atoms with Crippen molar-refractivity contribution in [3.63, 3.8) is 0 Å². The molecule has 0 radical (unpaired) electrons. The first-order valence-corrected chi connectivity index (χ1v) is 7.34. The average molecular weight is 280 g/mol. The molecule has 1 saturated heterocycles. The van der Waals surface area contributed by atoms with E-state index >= 15 is 0 Å². The molecule has 2 unspecified atom stereocenters. The molecule has 2 N–H and O–H groups in total. The highest BCUT2D eigenvalue weighted by Crippen LogP contribution is 2.19. The zero-order valence-corrected chi connectivity index (χ0v) is 11.4. The lowest BCUT2D eigenvalue weighted by Crippen LogP contribution is -2.53. The summed E-state index contributed by atoms with van der Waals surface area (Å²) in [7, 11) is -2.63. The number of ether oxygens (including phenoxy) is 1. The number of piperidine rings is 1. The third-order valence-corrected chi connectivity index (χ3v) is 4.75. The maximum absolute atomic E-state index is 12.1. The zero-order chi connectivity index (χ0) is 13.8. The molecule has 0 amide bonds. The van der Waals surface area contributed by atoms with E-state index in [9.17, 15) is 13.2 Å². The molecule has 0 aromatic heterocycles. The van der Waals surface area contributed by atoms with Crippen LogP contribution in [-0.4, -0.2) is 56.1 Å². The molecule has 1 rings (SSSR count). The van der Waals surface area contributed by atoms with Gasteiger partial charge in [0.2, 0.25) is 0 Å². The van der Waals surface area contributed by atoms with Gasteiger partial charge in [-0.05, 0) is 19.8 Å². The molecule has 0 aromatic rings. The van der Waals surface area contributed by atoms with Crippen LogP contribution in [0.4, 0.5) is 0 Å². The van der Waals surface area contributed by atoms with Gasteiger partial charge in [0, 0.05) is 12.6 Å². The van der Waals surface area contributed by atoms with Gasteiger partial charge in [-0.15, -0.1) is 0 Å². The van der Waals surface area contributed by atoms with Crippen molar-refractivity contribution in [2.75, 3.05) is 20.3 Å². The Morgan fingerprint density at radius 2 is 2.22 bits per heavy atom. The summed E-state index contributed by atoms with van der Waals surface area (Å²) in [5.74, 6) is -0.800. The molecule has 0 saturated carbocycles. The standard InChI is InChI=1S/C10H20N2O5S/c1-8-5-3-4-6-12(8)18(15,16)11-9(7-13)10(14)17-2/h8-9,11,13H,3-7H2,1-2H3. The highest BCUT2D eigenvalue weighted by molar-refractivity contribution is 7.87. The van der Waals surface area contributed by atoms with Gasteiger partial charge in [-0.1, -0.05) is 6.42 Å². The molecule has 2 atom stereocenters. The van der Waals surface area contributed by atoms with Crippen LogP contribution in [-0.2, 0) is 19.7 Å². The Bertz CT molecular complexity index is 384. The van der Waals surface area contributed by atoms with Crippen molar-refractivity contribution in [3.05, 3.63) is 0 Å². The minimum atomic E-state index is -3.78. The van der Waals surface area contributed by atoms with E-state index in [0.717, 1.165) is 26.4 Å². The molecular formula is C10H20N2O5S. The molecule has 0 aliphatic carbocycles. The van der Waals surface area contributed by atoms with Gasteiger partial charge >= 0.3 is 5.97 Å². The number of carbonyl (C=O) groups is 1. The fraction of sp³-hybridized carbons (Fsp3) is 0.900. The van der Waals surface area contributed by atoms with Crippen LogP contribution in [0.2, 0.25) is 0 Å². The van der Waals surface area contributed by atoms with E-state index in [4.69, 9.17) is 5.11 Å². The minimum absolute atomic E-state index is 0.103. The summed E-state index contributed by atoms with van der Waals surface area (Å²) in [6.07, 6.45) is 2.59. The number of methoxy groups -OCH3 is 1. The zero-order valence-electron chi connectivity index (χ0n) is 10.6. The number of rotatable bonds is 5. The van der Waals surface area contributed by atoms with Gasteiger partial charge in [-0.2, -0.15) is 17.4 Å². The number of hydrogen-bond donors (Lipinski definition) is 2. The molecule has 18 heavy (non-hydrogen) atoms. The first-order valence-electron chi connectivity index (χ1n) is 5.90. The average Bonchev–Trinajstić information content (AvgIpc) is 2.35. The lowest BCUT2D eigenvalue weighted by atomic mass is 10.1. The monoisotopic (exact) mass is 280 g/mol. The van der Waals surface area contributed by atoms with E-state index in [1.54, 1.807) is 0 Å². The van der Waals surface area contributed by atoms with Gasteiger partial charge in [0.15, 0.2) is 0 Å². The minimum Gasteiger partial charge on any atom is -0.468 e. The van der Waals surface area contributed by atoms with Gasteiger partial charge in [-0.25, -0.2) is 0 Å². The highest BCUT2D eigenvalue weighted by atomic mass is 32.2. The third-order valence-electron chi connectivity index (χ3n) is 3.01. The van der Waals surface area contributed by atoms with Crippen molar-refractivity contribution in [3.8, 4) is 0 Å². The lowest BCUT2D eigenvalue weighted by Gasteiger charge is -2.33. The quantitative estimate of drug-likeness (QED) is 0.645. The fourth-order valence-electron chi connectivity index (χ4n) is 1.98. The predicted molar refractivity (Wildman–Crippen MR) is 65.0 cm³/mol. The van der Waals surface area contributed by atoms with E-state index in [0.29, 0.717) is 6.54 Å². The molecule has 1 fully saturated rings. The number of aliphatic hydroxyl groups is 1. The van der Waals surface area contributed by atoms with Crippen molar-refractivity contribution in [1.82, 2.24) is 9.03 Å². The second kappa shape index (κ2) is 6.46. The Hall–Kier alpha value is -0.700. The van der Waals surface area contributed by atoms with Crippen LogP contribution < -0.4 is 4.72 Å². The highest BCUT2D eigenvalue weighted by Gasteiger charge is 2.33. The molecule has 8 heteroatoms. The predicted octanol–water partition coefficient (Wildman–Crippen LogP) is -0.771. The maximum Gasteiger partial charge on any atom is 0.326 e. The third kappa shape index (κ3) is 3.64. The van der Waals surface area contributed by atoms with Crippen LogP contribution >= 0.6 is 0 Å². The number of nitrogens with one attached hydrogen (secondary N) is 1. The number of carbonyl (C=O) groups excluding carboxylic acids is 1. The Labute approximate surface area is 107 Å². The summed E-state index contributed by atoms with van der Waals surface area (Å²) < 4.78 is 32.1. The Balaban J connectivity index is 2.76. The van der Waals surface area contributed by atoms with Gasteiger partial charge in [-0.3, -0.25) is 4.79 Å². The maximum atomic E-state index is 12.1. The fourth-order valence-corrected chi connectivity index (χ4v) is 3.59. The Morgan fingerprint density at radius 1 is 1.56 bits per heavy atom. The SMILES string of the molecule is COC(=O)C(CO)NS(=O)(=O)N1CCCCC1C. The van der Waals surface area contributed by atoms with Crippen molar-refractivity contribution in [2.24, 2.45) is 0 Å². The Kier molecular flexibility index (Phi) is 5.51. The van der Waals surface area contributed by atoms with Crippen LogP contribution in [0, 0.1) is 0 Å². The normalized spacial score (nSPS) is 23.6. The summed E-state index contributed by atoms with van der Waals surface area (Å²) in [5.41, 5.74) is 0. The lowest BCUT2D eigenvalue weighted by molar-refractivity contribution is -0.143. The van der Waals surface area contributed by atoms with E-state index in [2.05, 4.69) is 9.46 Å². The number of hydrogen-bond acceptors (Lipinski definition) is 5. The Morgan fingerprint density at radius 3 is 2.72 bits per heavy atom. The molecule has 0 aromatic carbocycles. The van der Waals surface area contributed by atoms with Crippen LogP contribution in [0.5, 0.6) is 0 Å². The largest absolute Gasteiger partial charge is 0.468 e. The van der Waals surface area contributed by atoms with Crippen molar-refractivity contribution in [1.29, 1.82) is 0 Å². The molecule has 0 spiro atoms. The van der Waals surface area contributed by atoms with Crippen molar-refractivity contribution < 1.29 is 23.1 Å². The molecule has 0 bridgehead atoms. The van der Waals surface area contributed by atoms with E-state index in [-0.39, 0.29) is 6.04 Å². The summed E-state index contributed by atoms with van der Waals surface area (Å²) in [5, 5.41) is 9.01. The molecule has 7 nitrogen and oxygen atoms in total. The van der Waals surface area contributed by atoms with E-state index in [1.165, 1.54) is 4.31 Å². The van der Waals surface area contributed by atoms with Gasteiger partial charge in [0.05, 0.1) is 13.7 Å². The van der Waals surface area contributed by atoms with Gasteiger partial charge in [0.1, 0.15) is 6.04 Å². The van der Waals surface area contributed by atoms with Crippen molar-refractivity contribution in [2.45, 2.75) is 38.3 Å². The summed E-state index contributed by atoms with van der Waals surface area (Å²) in [6.45, 7) is 1.62. The first kappa shape index (κ1) is 15.4. The smallest absolute Gasteiger partial charge is 0.326 e. The molecule has 1 aliphatic rings. The van der Waals surface area contributed by atoms with Crippen LogP contribution in [0.15, 0.2) is 0 Å². The first-order chi connectivity index (χ1) is 8.42. The van der Waals surface area contributed by atoms with Crippen molar-refractivity contribution >= 4 is 16.2 Å². The second-order valence-electron chi connectivity index (χ2n) is 4.34. The van der Waals surface area contributed by atoms with E-state index in [1.807, 2.05) is 6.92 Å². The van der Waals surface area contributed by atoms with Crippen LogP contribution in [0.25, 0.3) is 0 Å². The van der Waals surface area contributed by atoms with Crippen LogP contribution in [0.3, 0.4) is 0 Å². The number of nitrogens with zero attached hydrogens (tertiary/aromatic N) is 1.